The van der Waals surface area contributed by atoms with Gasteiger partial charge in [0.25, 0.3) is 0 Å². The lowest BCUT2D eigenvalue weighted by molar-refractivity contribution is -0.126. The van der Waals surface area contributed by atoms with E-state index in [-0.39, 0.29) is 17.6 Å². The van der Waals surface area contributed by atoms with Crippen LogP contribution in [0.3, 0.4) is 0 Å². The molecule has 0 unspecified atom stereocenters. The second-order valence-corrected chi connectivity index (χ2v) is 8.70. The first-order valence-electron chi connectivity index (χ1n) is 8.03. The molecule has 134 valence electrons. The van der Waals surface area contributed by atoms with Crippen molar-refractivity contribution in [3.8, 4) is 0 Å². The Bertz CT molecular complexity index is 666. The number of rotatable bonds is 6. The molecule has 8 heteroatoms. The number of nitrogens with one attached hydrogen (secondary N) is 1. The van der Waals surface area contributed by atoms with Crippen molar-refractivity contribution in [2.24, 2.45) is 5.92 Å². The van der Waals surface area contributed by atoms with Crippen molar-refractivity contribution in [2.75, 3.05) is 19.6 Å². The molecule has 0 aliphatic carbocycles. The number of sulfonamides is 1. The number of benzene rings is 1. The van der Waals surface area contributed by atoms with E-state index in [9.17, 15) is 13.2 Å². The first kappa shape index (κ1) is 19.5. The molecule has 1 fully saturated rings. The normalized spacial score (nSPS) is 17.0. The van der Waals surface area contributed by atoms with Crippen molar-refractivity contribution in [2.45, 2.75) is 31.9 Å². The summed E-state index contributed by atoms with van der Waals surface area (Å²) in [4.78, 5) is 12.0. The zero-order valence-corrected chi connectivity index (χ0v) is 15.9. The van der Waals surface area contributed by atoms with Gasteiger partial charge in [-0.2, -0.15) is 0 Å². The lowest BCUT2D eigenvalue weighted by Crippen LogP contribution is -2.43. The summed E-state index contributed by atoms with van der Waals surface area (Å²) in [6, 6.07) is 4.94. The van der Waals surface area contributed by atoms with Crippen LogP contribution in [0, 0.1) is 5.92 Å². The lowest BCUT2D eigenvalue weighted by Gasteiger charge is -2.30. The van der Waals surface area contributed by atoms with Crippen LogP contribution in [0.5, 0.6) is 0 Å². The van der Waals surface area contributed by atoms with Gasteiger partial charge < -0.3 is 5.32 Å². The van der Waals surface area contributed by atoms with Crippen molar-refractivity contribution in [1.82, 2.24) is 9.62 Å². The molecule has 1 aromatic carbocycles. The Balaban J connectivity index is 1.99. The highest BCUT2D eigenvalue weighted by molar-refractivity contribution is 7.88. The molecular formula is C16H22Cl2N2O3S. The SMILES string of the molecule is CCCNC(=O)C1CCN(S(=O)(=O)Cc2c(Cl)cccc2Cl)CC1. The topological polar surface area (TPSA) is 66.5 Å². The second-order valence-electron chi connectivity index (χ2n) is 5.92. The van der Waals surface area contributed by atoms with Crippen LogP contribution in [0.25, 0.3) is 0 Å². The molecular weight excluding hydrogens is 371 g/mol. The summed E-state index contributed by atoms with van der Waals surface area (Å²) >= 11 is 12.1. The maximum Gasteiger partial charge on any atom is 0.223 e. The van der Waals surface area contributed by atoms with E-state index < -0.39 is 10.0 Å². The zero-order chi connectivity index (χ0) is 17.7. The molecule has 0 atom stereocenters. The number of nitrogens with zero attached hydrogens (tertiary/aromatic N) is 1. The average molecular weight is 393 g/mol. The van der Waals surface area contributed by atoms with Crippen molar-refractivity contribution < 1.29 is 13.2 Å². The Morgan fingerprint density at radius 3 is 2.38 bits per heavy atom. The lowest BCUT2D eigenvalue weighted by atomic mass is 9.97. The predicted octanol–water partition coefficient (Wildman–Crippen LogP) is 3.06. The predicted molar refractivity (Wildman–Crippen MR) is 96.7 cm³/mol. The van der Waals surface area contributed by atoms with Crippen LogP contribution < -0.4 is 5.32 Å². The van der Waals surface area contributed by atoms with E-state index in [0.29, 0.717) is 48.1 Å². The van der Waals surface area contributed by atoms with E-state index in [4.69, 9.17) is 23.2 Å². The highest BCUT2D eigenvalue weighted by Gasteiger charge is 2.31. The summed E-state index contributed by atoms with van der Waals surface area (Å²) in [5.74, 6) is -0.326. The van der Waals surface area contributed by atoms with Gasteiger partial charge in [0.1, 0.15) is 0 Å². The maximum atomic E-state index is 12.6. The van der Waals surface area contributed by atoms with Crippen LogP contribution in [-0.2, 0) is 20.6 Å². The Labute approximate surface area is 153 Å². The Kier molecular flexibility index (Phi) is 6.92. The van der Waals surface area contributed by atoms with Gasteiger partial charge in [-0.25, -0.2) is 12.7 Å². The number of halogens is 2. The average Bonchev–Trinajstić information content (AvgIpc) is 2.56. The first-order chi connectivity index (χ1) is 11.3. The molecule has 1 aromatic rings. The fraction of sp³-hybridized carbons (Fsp3) is 0.562. The molecule has 5 nitrogen and oxygen atoms in total. The number of amides is 1. The summed E-state index contributed by atoms with van der Waals surface area (Å²) in [6.07, 6.45) is 1.95. The molecule has 24 heavy (non-hydrogen) atoms. The van der Waals surface area contributed by atoms with Crippen molar-refractivity contribution in [1.29, 1.82) is 0 Å². The molecule has 0 saturated carbocycles. The molecule has 0 bridgehead atoms. The highest BCUT2D eigenvalue weighted by Crippen LogP contribution is 2.28. The zero-order valence-electron chi connectivity index (χ0n) is 13.6. The van der Waals surface area contributed by atoms with E-state index in [2.05, 4.69) is 5.32 Å². The number of hydrogen-bond donors (Lipinski definition) is 1. The number of piperidine rings is 1. The molecule has 1 aliphatic heterocycles. The van der Waals surface area contributed by atoms with Gasteiger partial charge in [-0.3, -0.25) is 4.79 Å². The van der Waals surface area contributed by atoms with Crippen LogP contribution in [0.15, 0.2) is 18.2 Å². The summed E-state index contributed by atoms with van der Waals surface area (Å²) < 4.78 is 26.7. The number of carbonyl (C=O) groups excluding carboxylic acids is 1. The fourth-order valence-corrected chi connectivity index (χ4v) is 5.05. The molecule has 0 aromatic heterocycles. The monoisotopic (exact) mass is 392 g/mol. The molecule has 1 amide bonds. The number of hydrogen-bond acceptors (Lipinski definition) is 3. The molecule has 1 saturated heterocycles. The van der Waals surface area contributed by atoms with Gasteiger partial charge in [0.15, 0.2) is 0 Å². The second kappa shape index (κ2) is 8.52. The summed E-state index contributed by atoms with van der Waals surface area (Å²) in [5.41, 5.74) is 0.420. The van der Waals surface area contributed by atoms with E-state index >= 15 is 0 Å². The van der Waals surface area contributed by atoms with Gasteiger partial charge in [-0.15, -0.1) is 0 Å². The van der Waals surface area contributed by atoms with Gasteiger partial charge in [0.2, 0.25) is 15.9 Å². The molecule has 1 heterocycles. The third-order valence-corrected chi connectivity index (χ3v) is 6.67. The van der Waals surface area contributed by atoms with E-state index in [1.807, 2.05) is 6.92 Å². The standard InChI is InChI=1S/C16H22Cl2N2O3S/c1-2-8-19-16(21)12-6-9-20(10-7-12)24(22,23)11-13-14(17)4-3-5-15(13)18/h3-5,12H,2,6-11H2,1H3,(H,19,21). The first-order valence-corrected chi connectivity index (χ1v) is 10.4. The quantitative estimate of drug-likeness (QED) is 0.808. The van der Waals surface area contributed by atoms with Gasteiger partial charge in [0.05, 0.1) is 5.75 Å². The minimum atomic E-state index is -3.51. The highest BCUT2D eigenvalue weighted by atomic mass is 35.5. The molecule has 2 rings (SSSR count). The van der Waals surface area contributed by atoms with Crippen LogP contribution >= 0.6 is 23.2 Å². The Morgan fingerprint density at radius 2 is 1.83 bits per heavy atom. The molecule has 0 radical (unpaired) electrons. The third-order valence-electron chi connectivity index (χ3n) is 4.16. The molecule has 1 aliphatic rings. The van der Waals surface area contributed by atoms with Crippen LogP contribution in [0.4, 0.5) is 0 Å². The molecule has 1 N–H and O–H groups in total. The minimum absolute atomic E-state index is 0.0167. The largest absolute Gasteiger partial charge is 0.356 e. The Hall–Kier alpha value is -0.820. The van der Waals surface area contributed by atoms with Gasteiger partial charge in [0, 0.05) is 41.2 Å². The third kappa shape index (κ3) is 4.85. The van der Waals surface area contributed by atoms with Gasteiger partial charge >= 0.3 is 0 Å². The van der Waals surface area contributed by atoms with Crippen molar-refractivity contribution in [3.63, 3.8) is 0 Å². The fourth-order valence-electron chi connectivity index (χ4n) is 2.73. The molecule has 0 spiro atoms. The van der Waals surface area contributed by atoms with Crippen LogP contribution in [0.2, 0.25) is 10.0 Å². The smallest absolute Gasteiger partial charge is 0.223 e. The van der Waals surface area contributed by atoms with E-state index in [1.165, 1.54) is 4.31 Å². The summed E-state index contributed by atoms with van der Waals surface area (Å²) in [7, 11) is -3.51. The summed E-state index contributed by atoms with van der Waals surface area (Å²) in [6.45, 7) is 3.33. The van der Waals surface area contributed by atoms with Crippen molar-refractivity contribution in [3.05, 3.63) is 33.8 Å². The number of carbonyl (C=O) groups is 1. The van der Waals surface area contributed by atoms with Gasteiger partial charge in [-0.05, 0) is 31.4 Å². The minimum Gasteiger partial charge on any atom is -0.356 e. The van der Waals surface area contributed by atoms with Crippen molar-refractivity contribution >= 4 is 39.1 Å². The van der Waals surface area contributed by atoms with Gasteiger partial charge in [-0.1, -0.05) is 36.2 Å². The Morgan fingerprint density at radius 1 is 1.25 bits per heavy atom. The maximum absolute atomic E-state index is 12.6. The van der Waals surface area contributed by atoms with Crippen LogP contribution in [-0.4, -0.2) is 38.3 Å². The van der Waals surface area contributed by atoms with Crippen LogP contribution in [0.1, 0.15) is 31.7 Å². The van der Waals surface area contributed by atoms with E-state index in [0.717, 1.165) is 6.42 Å². The summed E-state index contributed by atoms with van der Waals surface area (Å²) in [5, 5.41) is 3.56. The van der Waals surface area contributed by atoms with E-state index in [1.54, 1.807) is 18.2 Å².